The van der Waals surface area contributed by atoms with Crippen molar-refractivity contribution < 1.29 is 14.3 Å². The molecule has 0 aliphatic heterocycles. The number of rotatable bonds is 8. The molecule has 0 heterocycles. The van der Waals surface area contributed by atoms with Gasteiger partial charge in [0, 0.05) is 18.6 Å². The van der Waals surface area contributed by atoms with E-state index in [-0.39, 0.29) is 18.4 Å². The summed E-state index contributed by atoms with van der Waals surface area (Å²) in [6, 6.07) is 14.3. The molecule has 0 fully saturated rings. The summed E-state index contributed by atoms with van der Waals surface area (Å²) >= 11 is 9.28. The van der Waals surface area contributed by atoms with Crippen LogP contribution in [0.25, 0.3) is 0 Å². The number of likely N-dealkylation sites (N-methyl/N-ethyl adjacent to an activating group) is 1. The van der Waals surface area contributed by atoms with E-state index in [0.717, 1.165) is 5.56 Å². The average molecular weight is 454 g/mol. The molecular formula is C20H22BrClN2O3. The smallest absolute Gasteiger partial charge is 0.261 e. The predicted molar refractivity (Wildman–Crippen MR) is 110 cm³/mol. The first kappa shape index (κ1) is 21.3. The molecular weight excluding hydrogens is 432 g/mol. The molecule has 7 heteroatoms. The van der Waals surface area contributed by atoms with Crippen molar-refractivity contribution in [2.75, 3.05) is 20.2 Å². The van der Waals surface area contributed by atoms with Gasteiger partial charge >= 0.3 is 0 Å². The van der Waals surface area contributed by atoms with E-state index >= 15 is 0 Å². The van der Waals surface area contributed by atoms with Gasteiger partial charge in [-0.3, -0.25) is 9.59 Å². The van der Waals surface area contributed by atoms with E-state index in [1.165, 1.54) is 4.90 Å². The first-order valence-corrected chi connectivity index (χ1v) is 9.72. The zero-order chi connectivity index (χ0) is 19.8. The normalized spacial score (nSPS) is 11.6. The molecule has 0 saturated heterocycles. The van der Waals surface area contributed by atoms with Crippen molar-refractivity contribution in [1.29, 1.82) is 0 Å². The molecule has 2 aromatic carbocycles. The Morgan fingerprint density at radius 1 is 1.22 bits per heavy atom. The molecule has 1 atom stereocenters. The van der Waals surface area contributed by atoms with E-state index in [1.54, 1.807) is 32.2 Å². The third-order valence-electron chi connectivity index (χ3n) is 4.14. The zero-order valence-corrected chi connectivity index (χ0v) is 17.6. The van der Waals surface area contributed by atoms with E-state index in [0.29, 0.717) is 28.2 Å². The van der Waals surface area contributed by atoms with E-state index in [4.69, 9.17) is 16.3 Å². The molecule has 144 valence electrons. The van der Waals surface area contributed by atoms with Crippen molar-refractivity contribution in [3.8, 4) is 5.75 Å². The molecule has 5 nitrogen and oxygen atoms in total. The minimum atomic E-state index is -0.594. The van der Waals surface area contributed by atoms with Crippen LogP contribution in [0.1, 0.15) is 12.5 Å². The van der Waals surface area contributed by atoms with E-state index in [9.17, 15) is 9.59 Å². The van der Waals surface area contributed by atoms with Crippen molar-refractivity contribution in [3.63, 3.8) is 0 Å². The molecule has 0 aromatic heterocycles. The molecule has 27 heavy (non-hydrogen) atoms. The number of amides is 2. The van der Waals surface area contributed by atoms with E-state index in [1.807, 2.05) is 30.3 Å². The second kappa shape index (κ2) is 10.3. The van der Waals surface area contributed by atoms with Gasteiger partial charge in [-0.15, -0.1) is 0 Å². The lowest BCUT2D eigenvalue weighted by Crippen LogP contribution is -2.49. The first-order valence-electron chi connectivity index (χ1n) is 8.55. The summed E-state index contributed by atoms with van der Waals surface area (Å²) in [6.45, 7) is 1.96. The van der Waals surface area contributed by atoms with Gasteiger partial charge in [-0.25, -0.2) is 0 Å². The highest BCUT2D eigenvalue weighted by Gasteiger charge is 2.25. The van der Waals surface area contributed by atoms with Gasteiger partial charge in [0.15, 0.2) is 6.61 Å². The largest absolute Gasteiger partial charge is 0.483 e. The maximum Gasteiger partial charge on any atom is 0.261 e. The van der Waals surface area contributed by atoms with Crippen LogP contribution in [0.2, 0.25) is 5.02 Å². The van der Waals surface area contributed by atoms with Crippen LogP contribution in [0.3, 0.4) is 0 Å². The summed E-state index contributed by atoms with van der Waals surface area (Å²) in [6.07, 6.45) is 0.651. The second-order valence-corrected chi connectivity index (χ2v) is 7.27. The summed E-state index contributed by atoms with van der Waals surface area (Å²) in [4.78, 5) is 26.4. The number of ether oxygens (including phenoxy) is 1. The lowest BCUT2D eigenvalue weighted by Gasteiger charge is -2.28. The molecule has 2 rings (SSSR count). The Hall–Kier alpha value is -2.05. The van der Waals surface area contributed by atoms with Crippen LogP contribution in [-0.2, 0) is 16.0 Å². The molecule has 0 aliphatic rings. The van der Waals surface area contributed by atoms with Gasteiger partial charge in [0.2, 0.25) is 5.91 Å². The Bertz CT molecular complexity index is 786. The Morgan fingerprint density at radius 2 is 1.93 bits per heavy atom. The minimum absolute atomic E-state index is 0.170. The highest BCUT2D eigenvalue weighted by Crippen LogP contribution is 2.28. The molecule has 0 spiro atoms. The summed E-state index contributed by atoms with van der Waals surface area (Å²) in [5.41, 5.74) is 1.10. The van der Waals surface area contributed by atoms with Crippen LogP contribution >= 0.6 is 27.5 Å². The molecule has 0 bridgehead atoms. The highest BCUT2D eigenvalue weighted by atomic mass is 79.9. The number of hydrogen-bond acceptors (Lipinski definition) is 3. The fourth-order valence-electron chi connectivity index (χ4n) is 2.59. The Balaban J connectivity index is 2.06. The highest BCUT2D eigenvalue weighted by molar-refractivity contribution is 9.10. The van der Waals surface area contributed by atoms with E-state index < -0.39 is 6.04 Å². The first-order chi connectivity index (χ1) is 12.9. The van der Waals surface area contributed by atoms with Crippen molar-refractivity contribution in [1.82, 2.24) is 10.2 Å². The van der Waals surface area contributed by atoms with Crippen molar-refractivity contribution in [2.24, 2.45) is 0 Å². The number of nitrogens with zero attached hydrogens (tertiary/aromatic N) is 1. The summed E-state index contributed by atoms with van der Waals surface area (Å²) in [5.74, 6) is 0.0383. The summed E-state index contributed by atoms with van der Waals surface area (Å²) in [5, 5.41) is 3.16. The maximum absolute atomic E-state index is 12.8. The van der Waals surface area contributed by atoms with Crippen LogP contribution in [0.4, 0.5) is 0 Å². The molecule has 0 radical (unpaired) electrons. The van der Waals surface area contributed by atoms with Crippen molar-refractivity contribution in [2.45, 2.75) is 19.4 Å². The summed E-state index contributed by atoms with van der Waals surface area (Å²) < 4.78 is 6.29. The minimum Gasteiger partial charge on any atom is -0.483 e. The number of carbonyl (C=O) groups excluding carboxylic acids is 2. The number of halogens is 2. The van der Waals surface area contributed by atoms with Gasteiger partial charge in [0.1, 0.15) is 11.8 Å². The second-order valence-electron chi connectivity index (χ2n) is 5.98. The fraction of sp³-hybridized carbons (Fsp3) is 0.300. The molecule has 1 N–H and O–H groups in total. The molecule has 2 aromatic rings. The monoisotopic (exact) mass is 452 g/mol. The summed E-state index contributed by atoms with van der Waals surface area (Å²) in [7, 11) is 1.56. The lowest BCUT2D eigenvalue weighted by molar-refractivity contribution is -0.141. The van der Waals surface area contributed by atoms with Gasteiger partial charge in [0.05, 0.1) is 4.47 Å². The van der Waals surface area contributed by atoms with E-state index in [2.05, 4.69) is 21.2 Å². The number of nitrogens with one attached hydrogen (secondary N) is 1. The van der Waals surface area contributed by atoms with Gasteiger partial charge in [-0.2, -0.15) is 0 Å². The van der Waals surface area contributed by atoms with Crippen LogP contribution in [0.15, 0.2) is 53.0 Å². The third-order valence-corrected chi connectivity index (χ3v) is 5.00. The van der Waals surface area contributed by atoms with Crippen LogP contribution in [0, 0.1) is 0 Å². The molecule has 0 aliphatic carbocycles. The number of benzene rings is 2. The number of carbonyl (C=O) groups is 2. The SMILES string of the molecule is CNC(=O)C(C)N(CCc1ccccc1)C(=O)COc1ccc(Cl)cc1Br. The molecule has 0 saturated carbocycles. The topological polar surface area (TPSA) is 58.6 Å². The maximum atomic E-state index is 12.8. The van der Waals surface area contributed by atoms with Crippen molar-refractivity contribution >= 4 is 39.3 Å². The zero-order valence-electron chi connectivity index (χ0n) is 15.2. The predicted octanol–water partition coefficient (Wildman–Crippen LogP) is 3.69. The van der Waals surface area contributed by atoms with Crippen LogP contribution in [0.5, 0.6) is 5.75 Å². The van der Waals surface area contributed by atoms with Crippen LogP contribution in [-0.4, -0.2) is 43.0 Å². The Kier molecular flexibility index (Phi) is 8.13. The quantitative estimate of drug-likeness (QED) is 0.663. The van der Waals surface area contributed by atoms with Gasteiger partial charge in [-0.1, -0.05) is 41.9 Å². The van der Waals surface area contributed by atoms with Crippen molar-refractivity contribution in [3.05, 3.63) is 63.6 Å². The van der Waals surface area contributed by atoms with Gasteiger partial charge in [-0.05, 0) is 53.0 Å². The Morgan fingerprint density at radius 3 is 2.56 bits per heavy atom. The van der Waals surface area contributed by atoms with Crippen LogP contribution < -0.4 is 10.1 Å². The lowest BCUT2D eigenvalue weighted by atomic mass is 10.1. The Labute approximate surface area is 172 Å². The average Bonchev–Trinajstić information content (AvgIpc) is 2.67. The number of hydrogen-bond donors (Lipinski definition) is 1. The fourth-order valence-corrected chi connectivity index (χ4v) is 3.39. The third kappa shape index (κ3) is 6.26. The van der Waals surface area contributed by atoms with Gasteiger partial charge in [0.25, 0.3) is 5.91 Å². The standard InChI is InChI=1S/C20H22BrClN2O3/c1-14(20(26)23-2)24(11-10-15-6-4-3-5-7-15)19(25)13-27-18-9-8-16(22)12-17(18)21/h3-9,12,14H,10-11,13H2,1-2H3,(H,23,26). The molecule has 2 amide bonds. The molecule has 1 unspecified atom stereocenters. The van der Waals surface area contributed by atoms with Gasteiger partial charge < -0.3 is 15.0 Å².